The van der Waals surface area contributed by atoms with Gasteiger partial charge in [-0.25, -0.2) is 0 Å². The first-order chi connectivity index (χ1) is 17.2. The third-order valence-electron chi connectivity index (χ3n) is 6.17. The van der Waals surface area contributed by atoms with E-state index >= 15 is 0 Å². The first-order valence-corrected chi connectivity index (χ1v) is 11.8. The fraction of sp³-hybridized carbons (Fsp3) is 0.393. The molecule has 0 amide bonds. The summed E-state index contributed by atoms with van der Waals surface area (Å²) in [5.74, 6) is -6.30. The molecule has 200 valence electrons. The van der Waals surface area contributed by atoms with Crippen molar-refractivity contribution in [3.63, 3.8) is 0 Å². The van der Waals surface area contributed by atoms with Gasteiger partial charge in [0.1, 0.15) is 45.6 Å². The van der Waals surface area contributed by atoms with Gasteiger partial charge in [0.05, 0.1) is 12.7 Å². The molecule has 5 N–H and O–H groups in total. The summed E-state index contributed by atoms with van der Waals surface area (Å²) in [6.07, 6.45) is 2.15. The number of hydrogen-bond donors (Lipinski definition) is 5. The predicted molar refractivity (Wildman–Crippen MR) is 138 cm³/mol. The van der Waals surface area contributed by atoms with Crippen LogP contribution in [-0.4, -0.2) is 50.5 Å². The van der Waals surface area contributed by atoms with E-state index in [1.807, 2.05) is 27.7 Å². The Kier molecular flexibility index (Phi) is 8.98. The normalized spacial score (nSPS) is 11.8. The second-order valence-electron chi connectivity index (χ2n) is 9.64. The third-order valence-corrected chi connectivity index (χ3v) is 6.17. The molecule has 0 aliphatic rings. The Morgan fingerprint density at radius 3 is 1.76 bits per heavy atom. The molecule has 2 aromatic carbocycles. The van der Waals surface area contributed by atoms with E-state index in [-0.39, 0.29) is 53.0 Å². The van der Waals surface area contributed by atoms with E-state index in [2.05, 4.69) is 0 Å². The number of hydrogen-bond acceptors (Lipinski definition) is 9. The van der Waals surface area contributed by atoms with Crippen LogP contribution in [0, 0.1) is 5.92 Å². The highest BCUT2D eigenvalue weighted by atomic mass is 16.5. The molecule has 1 unspecified atom stereocenters. The Labute approximate surface area is 215 Å². The molecular formula is C28H34O9. The quantitative estimate of drug-likeness (QED) is 0.164. The van der Waals surface area contributed by atoms with E-state index in [0.29, 0.717) is 0 Å². The van der Waals surface area contributed by atoms with Gasteiger partial charge >= 0.3 is 0 Å². The number of allylic oxidation sites excluding steroid dienone is 2. The van der Waals surface area contributed by atoms with Gasteiger partial charge in [-0.1, -0.05) is 25.5 Å². The van der Waals surface area contributed by atoms with Crippen LogP contribution >= 0.6 is 0 Å². The van der Waals surface area contributed by atoms with E-state index in [0.717, 1.165) is 12.5 Å². The molecule has 0 heterocycles. The van der Waals surface area contributed by atoms with Crippen molar-refractivity contribution in [1.29, 1.82) is 0 Å². The average Bonchev–Trinajstić information content (AvgIpc) is 2.76. The van der Waals surface area contributed by atoms with Crippen molar-refractivity contribution >= 4 is 17.9 Å². The maximum atomic E-state index is 12.6. The smallest absolute Gasteiger partial charge is 0.167 e. The number of phenolic OH excluding ortho intramolecular Hbond substituents is 5. The molecule has 0 spiro atoms. The Morgan fingerprint density at radius 2 is 1.32 bits per heavy atom. The second kappa shape index (κ2) is 11.4. The van der Waals surface area contributed by atoms with E-state index < -0.39 is 57.4 Å². The number of Topliss-reactive ketones (excluding diaryl/α,β-unsaturated/α-hetero) is 2. The highest BCUT2D eigenvalue weighted by Crippen LogP contribution is 2.54. The fourth-order valence-corrected chi connectivity index (χ4v) is 4.53. The van der Waals surface area contributed by atoms with Crippen molar-refractivity contribution in [2.24, 2.45) is 5.92 Å². The second-order valence-corrected chi connectivity index (χ2v) is 9.64. The lowest BCUT2D eigenvalue weighted by Crippen LogP contribution is -2.13. The molecule has 9 nitrogen and oxygen atoms in total. The number of benzene rings is 2. The molecule has 0 bridgehead atoms. The van der Waals surface area contributed by atoms with Crippen molar-refractivity contribution in [2.45, 2.75) is 60.3 Å². The molecule has 1 atom stereocenters. The Balaban J connectivity index is 3.18. The van der Waals surface area contributed by atoms with Crippen LogP contribution < -0.4 is 4.74 Å². The summed E-state index contributed by atoms with van der Waals surface area (Å²) in [5.41, 5.74) is -0.869. The average molecular weight is 515 g/mol. The minimum atomic E-state index is -1.20. The van der Waals surface area contributed by atoms with Crippen LogP contribution in [0.3, 0.4) is 0 Å². The zero-order valence-electron chi connectivity index (χ0n) is 22.1. The van der Waals surface area contributed by atoms with Crippen LogP contribution in [0.4, 0.5) is 0 Å². The van der Waals surface area contributed by atoms with Crippen LogP contribution in [0.25, 0.3) is 0 Å². The van der Waals surface area contributed by atoms with Crippen LogP contribution in [0.5, 0.6) is 34.5 Å². The molecule has 0 saturated heterocycles. The summed E-state index contributed by atoms with van der Waals surface area (Å²) in [6.45, 7) is 9.58. The van der Waals surface area contributed by atoms with Gasteiger partial charge < -0.3 is 30.3 Å². The molecule has 0 radical (unpaired) electrons. The molecule has 2 aromatic rings. The molecule has 0 aliphatic carbocycles. The summed E-state index contributed by atoms with van der Waals surface area (Å²) in [4.78, 5) is 36.7. The van der Waals surface area contributed by atoms with Gasteiger partial charge in [-0.05, 0) is 46.5 Å². The third kappa shape index (κ3) is 5.40. The molecule has 0 aliphatic heterocycles. The Hall–Kier alpha value is -4.01. The summed E-state index contributed by atoms with van der Waals surface area (Å²) in [7, 11) is 1.30. The highest BCUT2D eigenvalue weighted by molar-refractivity contribution is 6.04. The van der Waals surface area contributed by atoms with Crippen molar-refractivity contribution in [3.8, 4) is 34.5 Å². The SMILES string of the molecule is COc1c(CC=C(C)C)c(O)c(C(CC(C)C)c2c(O)c(C=O)c(O)c(C(C)=O)c2O)c(O)c1C(C)=O. The zero-order valence-corrected chi connectivity index (χ0v) is 22.1. The number of aldehydes is 1. The van der Waals surface area contributed by atoms with Crippen LogP contribution in [0.1, 0.15) is 102 Å². The lowest BCUT2D eigenvalue weighted by Gasteiger charge is -2.28. The highest BCUT2D eigenvalue weighted by Gasteiger charge is 2.37. The van der Waals surface area contributed by atoms with E-state index in [4.69, 9.17) is 4.74 Å². The maximum Gasteiger partial charge on any atom is 0.167 e. The topological polar surface area (TPSA) is 162 Å². The molecule has 0 aromatic heterocycles. The van der Waals surface area contributed by atoms with E-state index in [1.54, 1.807) is 6.08 Å². The van der Waals surface area contributed by atoms with Crippen LogP contribution in [0.15, 0.2) is 11.6 Å². The monoisotopic (exact) mass is 514 g/mol. The lowest BCUT2D eigenvalue weighted by molar-refractivity contribution is 0.0998. The van der Waals surface area contributed by atoms with Gasteiger partial charge in [-0.2, -0.15) is 0 Å². The lowest BCUT2D eigenvalue weighted by atomic mass is 9.78. The van der Waals surface area contributed by atoms with Gasteiger partial charge in [0, 0.05) is 22.6 Å². The largest absolute Gasteiger partial charge is 0.507 e. The number of ketones is 2. The number of methoxy groups -OCH3 is 1. The number of carbonyl (C=O) groups excluding carboxylic acids is 3. The van der Waals surface area contributed by atoms with Crippen molar-refractivity contribution in [1.82, 2.24) is 0 Å². The molecule has 2 rings (SSSR count). The predicted octanol–water partition coefficient (Wildman–Crippen LogP) is 5.13. The first kappa shape index (κ1) is 29.2. The number of phenols is 5. The zero-order chi connectivity index (χ0) is 28.4. The van der Waals surface area contributed by atoms with Crippen molar-refractivity contribution < 1.29 is 44.7 Å². The maximum absolute atomic E-state index is 12.6. The van der Waals surface area contributed by atoms with Crippen molar-refractivity contribution in [3.05, 3.63) is 45.0 Å². The summed E-state index contributed by atoms with van der Waals surface area (Å²) in [5, 5.41) is 55.2. The fourth-order valence-electron chi connectivity index (χ4n) is 4.53. The standard InChI is InChI=1S/C28H34O9/c1-12(2)8-9-16-23(32)21(27(36)20(15(6)31)28(16)37-7)17(10-13(3)4)22-25(34)18(11-29)24(33)19(14(5)30)26(22)35/h8,11,13,17,32-36H,9-10H2,1-7H3. The molecule has 9 heteroatoms. The Bertz CT molecular complexity index is 1280. The van der Waals surface area contributed by atoms with E-state index in [9.17, 15) is 39.9 Å². The minimum Gasteiger partial charge on any atom is -0.507 e. The number of rotatable bonds is 10. The number of ether oxygens (including phenoxy) is 1. The minimum absolute atomic E-state index is 0.0239. The number of carbonyl (C=O) groups is 3. The number of aromatic hydroxyl groups is 5. The van der Waals surface area contributed by atoms with Crippen LogP contribution in [0.2, 0.25) is 0 Å². The van der Waals surface area contributed by atoms with Gasteiger partial charge in [0.15, 0.2) is 17.9 Å². The molecule has 0 saturated carbocycles. The van der Waals surface area contributed by atoms with Gasteiger partial charge in [-0.15, -0.1) is 0 Å². The molecule has 37 heavy (non-hydrogen) atoms. The van der Waals surface area contributed by atoms with Gasteiger partial charge in [0.25, 0.3) is 0 Å². The summed E-state index contributed by atoms with van der Waals surface area (Å²) < 4.78 is 5.41. The molecular weight excluding hydrogens is 480 g/mol. The van der Waals surface area contributed by atoms with Gasteiger partial charge in [-0.3, -0.25) is 14.4 Å². The first-order valence-electron chi connectivity index (χ1n) is 11.8. The summed E-state index contributed by atoms with van der Waals surface area (Å²) >= 11 is 0. The summed E-state index contributed by atoms with van der Waals surface area (Å²) in [6, 6.07) is 0. The van der Waals surface area contributed by atoms with E-state index in [1.165, 1.54) is 14.0 Å². The Morgan fingerprint density at radius 1 is 0.811 bits per heavy atom. The van der Waals surface area contributed by atoms with Gasteiger partial charge in [0.2, 0.25) is 0 Å². The van der Waals surface area contributed by atoms with Crippen molar-refractivity contribution in [2.75, 3.05) is 7.11 Å². The molecule has 0 fully saturated rings. The van der Waals surface area contributed by atoms with Crippen LogP contribution in [-0.2, 0) is 6.42 Å².